The largest absolute Gasteiger partial charge is 0.306 e. The van der Waals surface area contributed by atoms with Crippen molar-refractivity contribution in [2.75, 3.05) is 13.1 Å². The molecular formula is C21H23N3O. The highest BCUT2D eigenvalue weighted by molar-refractivity contribution is 5.79. The Balaban J connectivity index is 1.72. The van der Waals surface area contributed by atoms with E-state index in [1.54, 1.807) is 0 Å². The molecule has 1 aromatic heterocycles. The first-order valence-electron chi connectivity index (χ1n) is 9.11. The number of nitrogens with one attached hydrogen (secondary N) is 1. The highest BCUT2D eigenvalue weighted by atomic mass is 16.1. The summed E-state index contributed by atoms with van der Waals surface area (Å²) < 4.78 is 0. The van der Waals surface area contributed by atoms with Crippen LogP contribution in [0, 0.1) is 0 Å². The number of para-hydroxylation sites is 1. The van der Waals surface area contributed by atoms with Gasteiger partial charge in [0.15, 0.2) is 0 Å². The average molecular weight is 333 g/mol. The summed E-state index contributed by atoms with van der Waals surface area (Å²) in [7, 11) is 0. The number of H-pyrrole nitrogens is 1. The van der Waals surface area contributed by atoms with Gasteiger partial charge in [-0.1, -0.05) is 49.2 Å². The lowest BCUT2D eigenvalue weighted by Crippen LogP contribution is -2.24. The molecule has 4 rings (SSSR count). The van der Waals surface area contributed by atoms with Crippen LogP contribution in [0.1, 0.15) is 31.2 Å². The van der Waals surface area contributed by atoms with Crippen molar-refractivity contribution in [3.63, 3.8) is 0 Å². The lowest BCUT2D eigenvalue weighted by molar-refractivity contribution is 0.277. The molecule has 0 unspecified atom stereocenters. The van der Waals surface area contributed by atoms with E-state index in [-0.39, 0.29) is 5.56 Å². The first-order chi connectivity index (χ1) is 12.3. The summed E-state index contributed by atoms with van der Waals surface area (Å²) in [6.45, 7) is 3.21. The summed E-state index contributed by atoms with van der Waals surface area (Å²) >= 11 is 0. The molecule has 1 N–H and O–H groups in total. The van der Waals surface area contributed by atoms with Crippen LogP contribution < -0.4 is 5.56 Å². The SMILES string of the molecule is O=c1[nH]c(-c2ccccc2CN2CCCCCC2)nc2ccccc12. The number of nitrogens with zero attached hydrogens (tertiary/aromatic N) is 2. The van der Waals surface area contributed by atoms with Crippen molar-refractivity contribution >= 4 is 10.9 Å². The summed E-state index contributed by atoms with van der Waals surface area (Å²) in [5, 5.41) is 0.635. The lowest BCUT2D eigenvalue weighted by Gasteiger charge is -2.21. The van der Waals surface area contributed by atoms with Gasteiger partial charge in [0.1, 0.15) is 5.82 Å². The fraction of sp³-hybridized carbons (Fsp3) is 0.333. The van der Waals surface area contributed by atoms with Crippen LogP contribution in [-0.4, -0.2) is 28.0 Å². The molecule has 1 fully saturated rings. The fourth-order valence-electron chi connectivity index (χ4n) is 3.64. The summed E-state index contributed by atoms with van der Waals surface area (Å²) in [5.41, 5.74) is 2.91. The monoisotopic (exact) mass is 333 g/mol. The summed E-state index contributed by atoms with van der Waals surface area (Å²) in [4.78, 5) is 22.6. The lowest BCUT2D eigenvalue weighted by atomic mass is 10.1. The first-order valence-corrected chi connectivity index (χ1v) is 9.11. The minimum Gasteiger partial charge on any atom is -0.306 e. The second kappa shape index (κ2) is 7.19. The zero-order valence-corrected chi connectivity index (χ0v) is 14.4. The van der Waals surface area contributed by atoms with Crippen LogP contribution in [0.25, 0.3) is 22.3 Å². The van der Waals surface area contributed by atoms with E-state index in [1.165, 1.54) is 31.2 Å². The van der Waals surface area contributed by atoms with E-state index in [1.807, 2.05) is 30.3 Å². The van der Waals surface area contributed by atoms with Gasteiger partial charge in [0, 0.05) is 12.1 Å². The normalized spacial score (nSPS) is 16.0. The summed E-state index contributed by atoms with van der Waals surface area (Å²) in [6.07, 6.45) is 5.20. The van der Waals surface area contributed by atoms with Gasteiger partial charge >= 0.3 is 0 Å². The number of rotatable bonds is 3. The second-order valence-corrected chi connectivity index (χ2v) is 6.78. The molecule has 1 aliphatic rings. The van der Waals surface area contributed by atoms with Gasteiger partial charge in [0.2, 0.25) is 0 Å². The van der Waals surface area contributed by atoms with Gasteiger partial charge < -0.3 is 4.98 Å². The number of likely N-dealkylation sites (tertiary alicyclic amines) is 1. The van der Waals surface area contributed by atoms with Crippen LogP contribution in [0.2, 0.25) is 0 Å². The second-order valence-electron chi connectivity index (χ2n) is 6.78. The van der Waals surface area contributed by atoms with E-state index in [9.17, 15) is 4.79 Å². The van der Waals surface area contributed by atoms with Crippen molar-refractivity contribution in [2.45, 2.75) is 32.2 Å². The molecule has 0 amide bonds. The van der Waals surface area contributed by atoms with Crippen LogP contribution in [0.15, 0.2) is 53.3 Å². The predicted octanol–water partition coefficient (Wildman–Crippen LogP) is 3.97. The van der Waals surface area contributed by atoms with E-state index < -0.39 is 0 Å². The fourth-order valence-corrected chi connectivity index (χ4v) is 3.64. The van der Waals surface area contributed by atoms with Crippen molar-refractivity contribution in [1.29, 1.82) is 0 Å². The molecule has 0 spiro atoms. The van der Waals surface area contributed by atoms with Crippen LogP contribution in [0.3, 0.4) is 0 Å². The van der Waals surface area contributed by atoms with Gasteiger partial charge in [-0.05, 0) is 43.6 Å². The Morgan fingerprint density at radius 2 is 1.64 bits per heavy atom. The highest BCUT2D eigenvalue weighted by Gasteiger charge is 2.14. The Bertz CT molecular complexity index is 924. The molecule has 0 bridgehead atoms. The zero-order valence-electron chi connectivity index (χ0n) is 14.4. The number of aromatic amines is 1. The Labute approximate surface area is 147 Å². The standard InChI is InChI=1S/C21H23N3O/c25-21-18-11-5-6-12-19(18)22-20(23-21)17-10-4-3-9-16(17)15-24-13-7-1-2-8-14-24/h3-6,9-12H,1-2,7-8,13-15H2,(H,22,23,25). The minimum atomic E-state index is -0.0785. The summed E-state index contributed by atoms with van der Waals surface area (Å²) in [6, 6.07) is 15.8. The molecule has 4 heteroatoms. The maximum Gasteiger partial charge on any atom is 0.259 e. The molecule has 4 nitrogen and oxygen atoms in total. The van der Waals surface area contributed by atoms with E-state index in [0.29, 0.717) is 11.2 Å². The van der Waals surface area contributed by atoms with Gasteiger partial charge in [-0.2, -0.15) is 0 Å². The zero-order chi connectivity index (χ0) is 17.1. The molecular weight excluding hydrogens is 310 g/mol. The number of aromatic nitrogens is 2. The van der Waals surface area contributed by atoms with Crippen molar-refractivity contribution < 1.29 is 0 Å². The molecule has 3 aromatic rings. The van der Waals surface area contributed by atoms with Crippen molar-refractivity contribution in [1.82, 2.24) is 14.9 Å². The topological polar surface area (TPSA) is 49.0 Å². The van der Waals surface area contributed by atoms with Gasteiger partial charge in [-0.3, -0.25) is 9.69 Å². The van der Waals surface area contributed by atoms with Crippen LogP contribution in [0.4, 0.5) is 0 Å². The Kier molecular flexibility index (Phi) is 4.61. The van der Waals surface area contributed by atoms with Crippen LogP contribution >= 0.6 is 0 Å². The molecule has 2 heterocycles. The van der Waals surface area contributed by atoms with E-state index in [2.05, 4.69) is 28.1 Å². The maximum absolute atomic E-state index is 12.4. The maximum atomic E-state index is 12.4. The molecule has 25 heavy (non-hydrogen) atoms. The third-order valence-corrected chi connectivity index (χ3v) is 4.98. The number of hydrogen-bond acceptors (Lipinski definition) is 3. The minimum absolute atomic E-state index is 0.0785. The number of fused-ring (bicyclic) bond motifs is 1. The van der Waals surface area contributed by atoms with Crippen molar-refractivity contribution in [2.24, 2.45) is 0 Å². The molecule has 0 atom stereocenters. The van der Waals surface area contributed by atoms with Gasteiger partial charge in [0.25, 0.3) is 5.56 Å². The molecule has 1 aliphatic heterocycles. The van der Waals surface area contributed by atoms with Crippen LogP contribution in [-0.2, 0) is 6.54 Å². The summed E-state index contributed by atoms with van der Waals surface area (Å²) in [5.74, 6) is 0.661. The van der Waals surface area contributed by atoms with Gasteiger partial charge in [0.05, 0.1) is 10.9 Å². The van der Waals surface area contributed by atoms with Crippen molar-refractivity contribution in [3.05, 3.63) is 64.4 Å². The van der Waals surface area contributed by atoms with E-state index in [4.69, 9.17) is 4.98 Å². The van der Waals surface area contributed by atoms with Crippen LogP contribution in [0.5, 0.6) is 0 Å². The molecule has 1 saturated heterocycles. The quantitative estimate of drug-likeness (QED) is 0.789. The molecule has 0 saturated carbocycles. The molecule has 2 aromatic carbocycles. The predicted molar refractivity (Wildman–Crippen MR) is 102 cm³/mol. The third kappa shape index (κ3) is 3.49. The smallest absolute Gasteiger partial charge is 0.259 e. The molecule has 0 radical (unpaired) electrons. The number of hydrogen-bond donors (Lipinski definition) is 1. The molecule has 128 valence electrons. The van der Waals surface area contributed by atoms with Crippen molar-refractivity contribution in [3.8, 4) is 11.4 Å². The highest BCUT2D eigenvalue weighted by Crippen LogP contribution is 2.23. The Hall–Kier alpha value is -2.46. The molecule has 0 aliphatic carbocycles. The average Bonchev–Trinajstić information content (AvgIpc) is 2.91. The number of benzene rings is 2. The Morgan fingerprint density at radius 1 is 0.920 bits per heavy atom. The third-order valence-electron chi connectivity index (χ3n) is 4.98. The van der Waals surface area contributed by atoms with E-state index in [0.717, 1.165) is 30.7 Å². The van der Waals surface area contributed by atoms with E-state index >= 15 is 0 Å². The van der Waals surface area contributed by atoms with Gasteiger partial charge in [-0.15, -0.1) is 0 Å². The first kappa shape index (κ1) is 16.0. The van der Waals surface area contributed by atoms with Gasteiger partial charge in [-0.25, -0.2) is 4.98 Å². The Morgan fingerprint density at radius 3 is 2.48 bits per heavy atom.